The minimum absolute atomic E-state index is 1.14. The lowest BCUT2D eigenvalue weighted by molar-refractivity contribution is 1.28. The van der Waals surface area contributed by atoms with Crippen molar-refractivity contribution in [1.82, 2.24) is 0 Å². The van der Waals surface area contributed by atoms with Crippen LogP contribution in [0, 0.1) is 0 Å². The highest BCUT2D eigenvalue weighted by atomic mass is 32.1. The molecular weight excluding hydrogens is 559 g/mol. The summed E-state index contributed by atoms with van der Waals surface area (Å²) in [5.74, 6) is 0. The quantitative estimate of drug-likeness (QED) is 0.175. The van der Waals surface area contributed by atoms with Crippen molar-refractivity contribution in [2.75, 3.05) is 4.90 Å². The summed E-state index contributed by atoms with van der Waals surface area (Å²) in [6, 6.07) is 56.8. The number of para-hydroxylation sites is 2. The van der Waals surface area contributed by atoms with Crippen molar-refractivity contribution in [1.29, 1.82) is 0 Å². The van der Waals surface area contributed by atoms with Crippen LogP contribution >= 0.6 is 22.7 Å². The van der Waals surface area contributed by atoms with E-state index in [0.717, 1.165) is 17.1 Å². The number of anilines is 3. The number of benzene rings is 6. The van der Waals surface area contributed by atoms with Crippen LogP contribution in [0.2, 0.25) is 0 Å². The molecule has 0 N–H and O–H groups in total. The Morgan fingerprint density at radius 3 is 1.33 bits per heavy atom. The highest BCUT2D eigenvalue weighted by Crippen LogP contribution is 2.47. The van der Waals surface area contributed by atoms with E-state index in [1.54, 1.807) is 0 Å². The Bertz CT molecular complexity index is 2060. The Balaban J connectivity index is 1.22. The average Bonchev–Trinajstić information content (AvgIpc) is 3.79. The summed E-state index contributed by atoms with van der Waals surface area (Å²) in [6.07, 6.45) is 0. The van der Waals surface area contributed by atoms with E-state index in [2.05, 4.69) is 168 Å². The van der Waals surface area contributed by atoms with E-state index in [4.69, 9.17) is 0 Å². The summed E-state index contributed by atoms with van der Waals surface area (Å²) in [4.78, 5) is 6.17. The molecule has 8 aromatic rings. The van der Waals surface area contributed by atoms with Crippen LogP contribution in [0.15, 0.2) is 163 Å². The maximum atomic E-state index is 2.30. The Labute approximate surface area is 259 Å². The summed E-state index contributed by atoms with van der Waals surface area (Å²) in [5.41, 5.74) is 7.30. The largest absolute Gasteiger partial charge is 0.311 e. The van der Waals surface area contributed by atoms with Crippen molar-refractivity contribution in [3.8, 4) is 31.3 Å². The van der Waals surface area contributed by atoms with Gasteiger partial charge in [0.1, 0.15) is 0 Å². The Morgan fingerprint density at radius 1 is 0.349 bits per heavy atom. The first-order chi connectivity index (χ1) is 21.3. The maximum absolute atomic E-state index is 2.30. The van der Waals surface area contributed by atoms with Crippen molar-refractivity contribution >= 4 is 61.3 Å². The van der Waals surface area contributed by atoms with Crippen LogP contribution < -0.4 is 4.90 Å². The molecule has 6 aromatic carbocycles. The smallest absolute Gasteiger partial charge is 0.0462 e. The van der Waals surface area contributed by atoms with Crippen molar-refractivity contribution in [2.45, 2.75) is 0 Å². The standard InChI is InChI=1S/C40H27NS2/c1-3-12-29(13-4-1)41(30-14-5-2-6-15-30)31-23-21-28(22-24-31)36-25-26-38(43-36)40-34-18-9-7-16-32(34)39(37-20-11-27-42-37)33-17-8-10-19-35(33)40/h1-27H. The predicted molar refractivity (Wildman–Crippen MR) is 188 cm³/mol. The van der Waals surface area contributed by atoms with Gasteiger partial charge in [0.05, 0.1) is 0 Å². The molecule has 1 nitrogen and oxygen atoms in total. The van der Waals surface area contributed by atoms with Gasteiger partial charge in [-0.1, -0.05) is 103 Å². The minimum atomic E-state index is 1.14. The molecule has 0 unspecified atom stereocenters. The second-order valence-corrected chi connectivity index (χ2v) is 12.6. The van der Waals surface area contributed by atoms with Crippen molar-refractivity contribution < 1.29 is 0 Å². The van der Waals surface area contributed by atoms with E-state index in [1.807, 2.05) is 22.7 Å². The number of nitrogens with zero attached hydrogens (tertiary/aromatic N) is 1. The molecule has 3 heteroatoms. The van der Waals surface area contributed by atoms with E-state index < -0.39 is 0 Å². The van der Waals surface area contributed by atoms with Gasteiger partial charge in [0.25, 0.3) is 0 Å². The first-order valence-corrected chi connectivity index (χ1v) is 16.1. The SMILES string of the molecule is c1ccc(N(c2ccccc2)c2ccc(-c3ccc(-c4c5ccccc5c(-c5cccs5)c5ccccc45)s3)cc2)cc1. The van der Waals surface area contributed by atoms with Crippen LogP contribution in [-0.2, 0) is 0 Å². The molecule has 0 aliphatic rings. The monoisotopic (exact) mass is 585 g/mol. The van der Waals surface area contributed by atoms with Crippen LogP contribution in [0.5, 0.6) is 0 Å². The molecule has 0 aliphatic carbocycles. The molecule has 0 saturated heterocycles. The molecule has 2 heterocycles. The van der Waals surface area contributed by atoms with Crippen LogP contribution in [-0.4, -0.2) is 0 Å². The van der Waals surface area contributed by atoms with Crippen molar-refractivity contribution in [3.05, 3.63) is 163 Å². The lowest BCUT2D eigenvalue weighted by Crippen LogP contribution is -2.09. The number of hydrogen-bond donors (Lipinski definition) is 0. The third-order valence-corrected chi connectivity index (χ3v) is 10.0. The molecular formula is C40H27NS2. The van der Waals surface area contributed by atoms with Crippen LogP contribution in [0.25, 0.3) is 52.9 Å². The van der Waals surface area contributed by atoms with E-state index in [-0.39, 0.29) is 0 Å². The minimum Gasteiger partial charge on any atom is -0.311 e. The van der Waals surface area contributed by atoms with Crippen LogP contribution in [0.3, 0.4) is 0 Å². The molecule has 0 atom stereocenters. The van der Waals surface area contributed by atoms with Gasteiger partial charge in [0.2, 0.25) is 0 Å². The van der Waals surface area contributed by atoms with Gasteiger partial charge in [0, 0.05) is 42.8 Å². The third kappa shape index (κ3) is 4.64. The molecule has 0 saturated carbocycles. The first kappa shape index (κ1) is 25.7. The molecule has 204 valence electrons. The van der Waals surface area contributed by atoms with Gasteiger partial charge >= 0.3 is 0 Å². The normalized spacial score (nSPS) is 11.3. The number of thiophene rings is 2. The zero-order valence-electron chi connectivity index (χ0n) is 23.4. The van der Waals surface area contributed by atoms with Gasteiger partial charge in [-0.3, -0.25) is 0 Å². The fourth-order valence-corrected chi connectivity index (χ4v) is 7.97. The summed E-state index contributed by atoms with van der Waals surface area (Å²) >= 11 is 3.68. The lowest BCUT2D eigenvalue weighted by atomic mass is 9.90. The van der Waals surface area contributed by atoms with Gasteiger partial charge in [-0.15, -0.1) is 22.7 Å². The van der Waals surface area contributed by atoms with Crippen LogP contribution in [0.4, 0.5) is 17.1 Å². The highest BCUT2D eigenvalue weighted by molar-refractivity contribution is 7.19. The molecule has 0 spiro atoms. The fourth-order valence-electron chi connectivity index (χ4n) is 6.08. The molecule has 0 amide bonds. The molecule has 0 fully saturated rings. The Kier molecular flexibility index (Phi) is 6.60. The molecule has 0 aliphatic heterocycles. The Hall–Kier alpha value is -4.96. The van der Waals surface area contributed by atoms with E-state index in [0.29, 0.717) is 0 Å². The van der Waals surface area contributed by atoms with Gasteiger partial charge in [-0.2, -0.15) is 0 Å². The molecule has 8 rings (SSSR count). The van der Waals surface area contributed by atoms with E-state index in [1.165, 1.54) is 52.9 Å². The van der Waals surface area contributed by atoms with Crippen molar-refractivity contribution in [3.63, 3.8) is 0 Å². The number of hydrogen-bond acceptors (Lipinski definition) is 3. The summed E-state index contributed by atoms with van der Waals surface area (Å²) in [6.45, 7) is 0. The molecule has 0 bridgehead atoms. The third-order valence-electron chi connectivity index (χ3n) is 7.99. The van der Waals surface area contributed by atoms with E-state index in [9.17, 15) is 0 Å². The summed E-state index contributed by atoms with van der Waals surface area (Å²) in [5, 5.41) is 7.38. The van der Waals surface area contributed by atoms with E-state index >= 15 is 0 Å². The zero-order chi connectivity index (χ0) is 28.6. The first-order valence-electron chi connectivity index (χ1n) is 14.4. The molecule has 0 radical (unpaired) electrons. The van der Waals surface area contributed by atoms with Gasteiger partial charge in [-0.25, -0.2) is 0 Å². The summed E-state index contributed by atoms with van der Waals surface area (Å²) < 4.78 is 0. The predicted octanol–water partition coefficient (Wildman–Crippen LogP) is 12.6. The number of rotatable bonds is 6. The number of fused-ring (bicyclic) bond motifs is 2. The lowest BCUT2D eigenvalue weighted by Gasteiger charge is -2.25. The topological polar surface area (TPSA) is 3.24 Å². The second kappa shape index (κ2) is 11.0. The van der Waals surface area contributed by atoms with Gasteiger partial charge in [0.15, 0.2) is 0 Å². The second-order valence-electron chi connectivity index (χ2n) is 10.5. The highest BCUT2D eigenvalue weighted by Gasteiger charge is 2.18. The molecule has 43 heavy (non-hydrogen) atoms. The fraction of sp³-hybridized carbons (Fsp3) is 0. The summed E-state index contributed by atoms with van der Waals surface area (Å²) in [7, 11) is 0. The average molecular weight is 586 g/mol. The Morgan fingerprint density at radius 2 is 0.814 bits per heavy atom. The molecule has 2 aromatic heterocycles. The van der Waals surface area contributed by atoms with Crippen LogP contribution in [0.1, 0.15) is 0 Å². The van der Waals surface area contributed by atoms with Crippen molar-refractivity contribution in [2.24, 2.45) is 0 Å². The zero-order valence-corrected chi connectivity index (χ0v) is 25.0. The maximum Gasteiger partial charge on any atom is 0.0462 e. The van der Waals surface area contributed by atoms with Gasteiger partial charge < -0.3 is 4.90 Å². The van der Waals surface area contributed by atoms with Gasteiger partial charge in [-0.05, 0) is 87.1 Å².